The summed E-state index contributed by atoms with van der Waals surface area (Å²) in [6, 6.07) is 17.0. The van der Waals surface area contributed by atoms with Gasteiger partial charge in [-0.2, -0.15) is 43.2 Å². The van der Waals surface area contributed by atoms with Gasteiger partial charge in [0.15, 0.2) is 4.30 Å². The van der Waals surface area contributed by atoms with E-state index in [9.17, 15) is 60.0 Å². The van der Waals surface area contributed by atoms with Gasteiger partial charge in [-0.25, -0.2) is 16.8 Å². The lowest BCUT2D eigenvalue weighted by Crippen LogP contribution is -2.28. The van der Waals surface area contributed by atoms with E-state index < -0.39 is 81.9 Å². The van der Waals surface area contributed by atoms with E-state index in [0.29, 0.717) is 12.1 Å². The normalized spacial score (nSPS) is 18.2. The zero-order chi connectivity index (χ0) is 40.5. The molecule has 0 N–H and O–H groups in total. The molecule has 2 aliphatic carbocycles. The van der Waals surface area contributed by atoms with Crippen molar-refractivity contribution in [3.05, 3.63) is 118 Å². The SMILES string of the molecule is ClC(Cl)Cl.O=S1(=O)C2=C(c3ccc(OS(=O)(=O)C(F)(F)F)cc31)C1(C3=C(c4ccccc41)S(=O)(=O)c1cc(OS(=O)(=O)C(F)(F)F)ccc13)c1ccccc12. The first kappa shape index (κ1) is 39.4. The van der Waals surface area contributed by atoms with Crippen LogP contribution in [-0.4, -0.2) is 49.0 Å². The summed E-state index contributed by atoms with van der Waals surface area (Å²) in [7, 11) is -21.8. The van der Waals surface area contributed by atoms with Crippen molar-refractivity contribution in [3.63, 3.8) is 0 Å². The first-order valence-corrected chi connectivity index (χ1v) is 21.8. The Hall–Kier alpha value is -3.79. The maximum absolute atomic E-state index is 14.3. The Morgan fingerprint density at radius 1 is 0.545 bits per heavy atom. The van der Waals surface area contributed by atoms with Crippen LogP contribution in [-0.2, 0) is 45.3 Å². The van der Waals surface area contributed by atoms with E-state index in [1.54, 1.807) is 24.3 Å². The van der Waals surface area contributed by atoms with Crippen molar-refractivity contribution in [2.45, 2.75) is 30.5 Å². The van der Waals surface area contributed by atoms with Crippen molar-refractivity contribution >= 4 is 95.7 Å². The molecular weight excluding hydrogens is 893 g/mol. The summed E-state index contributed by atoms with van der Waals surface area (Å²) >= 11 is 14.4. The fraction of sp³-hybridized carbons (Fsp3) is 0.125. The molecule has 0 bridgehead atoms. The lowest BCUT2D eigenvalue weighted by molar-refractivity contribution is -0.0504. The second-order valence-corrected chi connectivity index (χ2v) is 20.6. The van der Waals surface area contributed by atoms with Crippen LogP contribution in [0.3, 0.4) is 0 Å². The van der Waals surface area contributed by atoms with Gasteiger partial charge in [-0.05, 0) is 68.8 Å². The highest BCUT2D eigenvalue weighted by atomic mass is 35.6. The zero-order valence-electron chi connectivity index (χ0n) is 26.3. The molecule has 10 nitrogen and oxygen atoms in total. The largest absolute Gasteiger partial charge is 0.534 e. The van der Waals surface area contributed by atoms with Crippen LogP contribution in [0.1, 0.15) is 33.4 Å². The van der Waals surface area contributed by atoms with Gasteiger partial charge in [0.05, 0.1) is 25.0 Å². The first-order valence-electron chi connectivity index (χ1n) is 14.7. The molecule has 2 heterocycles. The molecule has 0 saturated heterocycles. The molecule has 23 heteroatoms. The van der Waals surface area contributed by atoms with E-state index in [0.717, 1.165) is 24.3 Å². The number of fused-ring (bicyclic) bond motifs is 12. The molecule has 4 aromatic rings. The number of hydrogen-bond acceptors (Lipinski definition) is 10. The summed E-state index contributed by atoms with van der Waals surface area (Å²) in [4.78, 5) is -1.97. The summed E-state index contributed by atoms with van der Waals surface area (Å²) < 4.78 is 191. The zero-order valence-corrected chi connectivity index (χ0v) is 31.8. The quantitative estimate of drug-likeness (QED) is 0.0859. The number of allylic oxidation sites excluding steroid dienone is 2. The van der Waals surface area contributed by atoms with Crippen LogP contribution >= 0.6 is 34.8 Å². The lowest BCUT2D eigenvalue weighted by atomic mass is 9.66. The number of sulfone groups is 2. The number of alkyl halides is 9. The Morgan fingerprint density at radius 2 is 0.873 bits per heavy atom. The number of hydrogen-bond donors (Lipinski definition) is 0. The molecule has 290 valence electrons. The van der Waals surface area contributed by atoms with Gasteiger partial charge in [-0.3, -0.25) is 0 Å². The van der Waals surface area contributed by atoms with Crippen LogP contribution in [0.4, 0.5) is 26.3 Å². The lowest BCUT2D eigenvalue weighted by Gasteiger charge is -2.34. The smallest absolute Gasteiger partial charge is 0.376 e. The fourth-order valence-corrected chi connectivity index (χ4v) is 12.0. The molecule has 0 aromatic heterocycles. The first-order chi connectivity index (χ1) is 25.3. The van der Waals surface area contributed by atoms with Crippen molar-refractivity contribution in [2.24, 2.45) is 0 Å². The Kier molecular flexibility index (Phi) is 8.86. The van der Waals surface area contributed by atoms with Crippen molar-refractivity contribution in [3.8, 4) is 11.5 Å². The molecule has 0 amide bonds. The fourth-order valence-electron chi connectivity index (χ4n) is 7.18. The van der Waals surface area contributed by atoms with Crippen LogP contribution in [0, 0.1) is 0 Å². The molecule has 55 heavy (non-hydrogen) atoms. The third kappa shape index (κ3) is 5.61. The molecule has 4 aliphatic rings. The number of rotatable bonds is 4. The molecule has 8 rings (SSSR count). The third-order valence-corrected chi connectivity index (χ3v) is 14.6. The van der Waals surface area contributed by atoms with Gasteiger partial charge < -0.3 is 8.37 Å². The van der Waals surface area contributed by atoms with Crippen molar-refractivity contribution in [1.82, 2.24) is 0 Å². The van der Waals surface area contributed by atoms with Crippen molar-refractivity contribution < 1.29 is 68.4 Å². The minimum atomic E-state index is -6.21. The predicted octanol–water partition coefficient (Wildman–Crippen LogP) is 7.75. The molecular formula is C32H15Cl3F6O10S4. The summed E-state index contributed by atoms with van der Waals surface area (Å²) in [6.07, 6.45) is 0. The van der Waals surface area contributed by atoms with Gasteiger partial charge in [-0.15, -0.1) is 0 Å². The van der Waals surface area contributed by atoms with E-state index in [-0.39, 0.29) is 54.3 Å². The van der Waals surface area contributed by atoms with E-state index >= 15 is 0 Å². The van der Waals surface area contributed by atoms with E-state index in [1.165, 1.54) is 24.3 Å². The van der Waals surface area contributed by atoms with Crippen LogP contribution in [0.5, 0.6) is 11.5 Å². The average Bonchev–Trinajstić information content (AvgIpc) is 3.69. The Morgan fingerprint density at radius 3 is 1.20 bits per heavy atom. The highest BCUT2D eigenvalue weighted by Crippen LogP contribution is 2.72. The van der Waals surface area contributed by atoms with Crippen LogP contribution < -0.4 is 8.37 Å². The van der Waals surface area contributed by atoms with E-state index in [2.05, 4.69) is 8.37 Å². The maximum Gasteiger partial charge on any atom is 0.534 e. The topological polar surface area (TPSA) is 155 Å². The van der Waals surface area contributed by atoms with Gasteiger partial charge in [0.1, 0.15) is 11.5 Å². The Balaban J connectivity index is 0.00000111. The van der Waals surface area contributed by atoms with Crippen molar-refractivity contribution in [2.75, 3.05) is 0 Å². The highest BCUT2D eigenvalue weighted by molar-refractivity contribution is 8.02. The van der Waals surface area contributed by atoms with Crippen molar-refractivity contribution in [1.29, 1.82) is 0 Å². The molecule has 0 fully saturated rings. The van der Waals surface area contributed by atoms with Crippen LogP contribution in [0.25, 0.3) is 21.0 Å². The van der Waals surface area contributed by atoms with Crippen LogP contribution in [0.15, 0.2) is 94.7 Å². The van der Waals surface area contributed by atoms with Crippen LogP contribution in [0.2, 0.25) is 0 Å². The number of halogens is 9. The molecule has 1 spiro atoms. The van der Waals surface area contributed by atoms with Gasteiger partial charge >= 0.3 is 31.3 Å². The maximum atomic E-state index is 14.3. The minimum absolute atomic E-state index is 0.0237. The summed E-state index contributed by atoms with van der Waals surface area (Å²) in [5.74, 6) is -1.94. The second-order valence-electron chi connectivity index (χ2n) is 11.8. The average molecular weight is 908 g/mol. The van der Waals surface area contributed by atoms with Gasteiger partial charge in [0.2, 0.25) is 19.7 Å². The summed E-state index contributed by atoms with van der Waals surface area (Å²) in [6.45, 7) is 0. The summed E-state index contributed by atoms with van der Waals surface area (Å²) in [5.41, 5.74) is -13.1. The number of benzene rings is 4. The van der Waals surface area contributed by atoms with Gasteiger partial charge in [0, 0.05) is 12.1 Å². The molecule has 0 saturated carbocycles. The van der Waals surface area contributed by atoms with Gasteiger partial charge in [-0.1, -0.05) is 83.3 Å². The summed E-state index contributed by atoms with van der Waals surface area (Å²) in [5, 5.41) is 0. The molecule has 0 atom stereocenters. The molecule has 0 unspecified atom stereocenters. The Labute approximate surface area is 322 Å². The monoisotopic (exact) mass is 906 g/mol. The third-order valence-electron chi connectivity index (χ3n) is 8.90. The standard InChI is InChI=1S/C31H14F6O10S4.CHCl3/c32-30(33,34)50(42,43)46-15-9-11-19-23(13-15)48(38,39)27-17-5-1-3-7-21(17)29(25(19)27)22-8-4-2-6-18(22)28-26(29)20-12-10-16(14-24(20)49(28,40)41)47-51(44,45)31(35,36)37;2-1(3)4/h1-14H;1H. The molecule has 0 radical (unpaired) electrons. The minimum Gasteiger partial charge on any atom is -0.376 e. The highest BCUT2D eigenvalue weighted by Gasteiger charge is 2.63. The van der Waals surface area contributed by atoms with Gasteiger partial charge in [0.25, 0.3) is 0 Å². The van der Waals surface area contributed by atoms with E-state index in [4.69, 9.17) is 34.8 Å². The predicted molar refractivity (Wildman–Crippen MR) is 187 cm³/mol. The van der Waals surface area contributed by atoms with E-state index in [1.807, 2.05) is 0 Å². The molecule has 2 aliphatic heterocycles. The molecule has 4 aromatic carbocycles. The second kappa shape index (κ2) is 12.4. The Bertz CT molecular complexity index is 2710.